The zero-order valence-corrected chi connectivity index (χ0v) is 27.4. The lowest BCUT2D eigenvalue weighted by Gasteiger charge is -2.45. The highest BCUT2D eigenvalue weighted by Crippen LogP contribution is 2.41. The standard InChI is InChI=1S/C33H31Cl2F2N7O2S/c34-25-12-23(18-3-1-17(2-4-18)22-5-7-42(15-26(22)37)20-10-21(45)11-20)28(35)29-24(25)14-44(41-29)31(32(46)40-33-38-6-8-47-33)30-27-9-19(36)13-43(27)16-39-30/h1-4,6,8,12,14,16,19-22,26,31,45H,5,7,9-11,13,15H2,(H,38,40,46)/t19?,20?,21?,22-,26+,31?/m1/s1. The number of carbonyl (C=O) groups excluding carboxylic acids is 1. The molecular formula is C33H31Cl2F2N7O2S. The molecule has 2 aromatic carbocycles. The van der Waals surface area contributed by atoms with Crippen molar-refractivity contribution in [1.82, 2.24) is 29.2 Å². The van der Waals surface area contributed by atoms with Gasteiger partial charge < -0.3 is 9.67 Å². The third-order valence-corrected chi connectivity index (χ3v) is 11.1. The number of hydrogen-bond donors (Lipinski definition) is 2. The summed E-state index contributed by atoms with van der Waals surface area (Å²) in [5.41, 5.74) is 3.83. The first-order valence-electron chi connectivity index (χ1n) is 15.6. The number of anilines is 1. The molecule has 5 heterocycles. The van der Waals surface area contributed by atoms with E-state index >= 15 is 4.39 Å². The average Bonchev–Trinajstić information content (AvgIpc) is 3.84. The number of fused-ring (bicyclic) bond motifs is 2. The summed E-state index contributed by atoms with van der Waals surface area (Å²) in [6, 6.07) is 8.74. The molecule has 1 amide bonds. The van der Waals surface area contributed by atoms with E-state index in [0.717, 1.165) is 30.5 Å². The van der Waals surface area contributed by atoms with Crippen molar-refractivity contribution in [2.24, 2.45) is 0 Å². The number of hydrogen-bond acceptors (Lipinski definition) is 7. The molecule has 0 bridgehead atoms. The molecule has 3 aromatic heterocycles. The Morgan fingerprint density at radius 1 is 1.13 bits per heavy atom. The number of likely N-dealkylation sites (tertiary alicyclic amines) is 1. The summed E-state index contributed by atoms with van der Waals surface area (Å²) in [6.07, 6.45) is 4.81. The van der Waals surface area contributed by atoms with Crippen molar-refractivity contribution in [3.63, 3.8) is 0 Å². The number of aliphatic hydroxyl groups is 1. The van der Waals surface area contributed by atoms with Gasteiger partial charge in [0.15, 0.2) is 11.2 Å². The van der Waals surface area contributed by atoms with Gasteiger partial charge in [0.05, 0.1) is 34.7 Å². The molecule has 0 radical (unpaired) electrons. The summed E-state index contributed by atoms with van der Waals surface area (Å²) in [7, 11) is 0. The number of carbonyl (C=O) groups is 1. The van der Waals surface area contributed by atoms with Gasteiger partial charge in [-0.05, 0) is 43.0 Å². The van der Waals surface area contributed by atoms with Crippen LogP contribution in [0, 0.1) is 0 Å². The minimum absolute atomic E-state index is 0.145. The number of halogens is 4. The van der Waals surface area contributed by atoms with Crippen LogP contribution < -0.4 is 5.32 Å². The van der Waals surface area contributed by atoms with Crippen LogP contribution in [0.2, 0.25) is 10.0 Å². The predicted octanol–water partition coefficient (Wildman–Crippen LogP) is 6.44. The summed E-state index contributed by atoms with van der Waals surface area (Å²) in [6.45, 7) is 1.37. The highest BCUT2D eigenvalue weighted by Gasteiger charge is 2.39. The van der Waals surface area contributed by atoms with Gasteiger partial charge in [-0.3, -0.25) is 19.7 Å². The molecule has 2 N–H and O–H groups in total. The van der Waals surface area contributed by atoms with Crippen molar-refractivity contribution in [3.05, 3.63) is 81.4 Å². The molecule has 2 aliphatic heterocycles. The molecule has 8 rings (SSSR count). The van der Waals surface area contributed by atoms with E-state index in [1.54, 1.807) is 34.7 Å². The zero-order valence-electron chi connectivity index (χ0n) is 25.1. The normalized spacial score (nSPS) is 25.1. The molecule has 4 atom stereocenters. The molecule has 0 spiro atoms. The Kier molecular flexibility index (Phi) is 8.04. The molecule has 244 valence electrons. The second-order valence-electron chi connectivity index (χ2n) is 12.7. The van der Waals surface area contributed by atoms with Crippen LogP contribution in [0.4, 0.5) is 13.9 Å². The molecule has 1 saturated heterocycles. The highest BCUT2D eigenvalue weighted by atomic mass is 35.5. The fraction of sp³-hybridized carbons (Fsp3) is 0.394. The van der Waals surface area contributed by atoms with Gasteiger partial charge in [-0.15, -0.1) is 11.3 Å². The van der Waals surface area contributed by atoms with Crippen molar-refractivity contribution >= 4 is 56.5 Å². The van der Waals surface area contributed by atoms with E-state index in [2.05, 4.69) is 20.2 Å². The number of rotatable bonds is 7. The van der Waals surface area contributed by atoms with Crippen LogP contribution in [0.1, 0.15) is 48.2 Å². The van der Waals surface area contributed by atoms with Gasteiger partial charge in [-0.25, -0.2) is 18.7 Å². The first kappa shape index (κ1) is 30.9. The molecule has 47 heavy (non-hydrogen) atoms. The molecule has 14 heteroatoms. The first-order chi connectivity index (χ1) is 22.7. The van der Waals surface area contributed by atoms with E-state index in [4.69, 9.17) is 28.3 Å². The molecule has 2 unspecified atom stereocenters. The highest BCUT2D eigenvalue weighted by molar-refractivity contribution is 7.13. The van der Waals surface area contributed by atoms with Crippen molar-refractivity contribution in [3.8, 4) is 11.1 Å². The van der Waals surface area contributed by atoms with Crippen LogP contribution in [-0.2, 0) is 17.8 Å². The molecule has 3 aliphatic rings. The van der Waals surface area contributed by atoms with Crippen LogP contribution in [-0.4, -0.2) is 77.8 Å². The number of aromatic nitrogens is 5. The Hall–Kier alpha value is -3.42. The van der Waals surface area contributed by atoms with Crippen molar-refractivity contribution < 1.29 is 18.7 Å². The average molecular weight is 699 g/mol. The Morgan fingerprint density at radius 2 is 1.94 bits per heavy atom. The minimum Gasteiger partial charge on any atom is -0.393 e. The quantitative estimate of drug-likeness (QED) is 0.203. The Balaban J connectivity index is 1.09. The van der Waals surface area contributed by atoms with E-state index in [1.807, 2.05) is 24.3 Å². The van der Waals surface area contributed by atoms with Gasteiger partial charge in [-0.2, -0.15) is 5.10 Å². The summed E-state index contributed by atoms with van der Waals surface area (Å²) >= 11 is 15.1. The fourth-order valence-corrected chi connectivity index (χ4v) is 8.30. The van der Waals surface area contributed by atoms with E-state index in [1.165, 1.54) is 16.0 Å². The topological polar surface area (TPSA) is 101 Å². The smallest absolute Gasteiger partial charge is 0.257 e. The van der Waals surface area contributed by atoms with Crippen molar-refractivity contribution in [2.75, 3.05) is 18.4 Å². The molecule has 9 nitrogen and oxygen atoms in total. The molecular weight excluding hydrogens is 667 g/mol. The minimum atomic E-state index is -1.06. The molecule has 1 saturated carbocycles. The maximum Gasteiger partial charge on any atom is 0.257 e. The van der Waals surface area contributed by atoms with E-state index in [9.17, 15) is 14.3 Å². The van der Waals surface area contributed by atoms with Crippen molar-refractivity contribution in [1.29, 1.82) is 0 Å². The molecule has 5 aromatic rings. The molecule has 2 fully saturated rings. The zero-order chi connectivity index (χ0) is 32.4. The summed E-state index contributed by atoms with van der Waals surface area (Å²) in [5, 5.41) is 20.7. The number of thiazole rings is 1. The number of nitrogens with one attached hydrogen (secondary N) is 1. The van der Waals surface area contributed by atoms with Gasteiger partial charge in [0.2, 0.25) is 0 Å². The number of alkyl halides is 2. The second kappa shape index (κ2) is 12.2. The number of aliphatic hydroxyl groups excluding tert-OH is 1. The van der Waals surface area contributed by atoms with Gasteiger partial charge in [-0.1, -0.05) is 47.5 Å². The van der Waals surface area contributed by atoms with E-state index in [0.29, 0.717) is 56.0 Å². The van der Waals surface area contributed by atoms with Crippen LogP contribution in [0.5, 0.6) is 0 Å². The summed E-state index contributed by atoms with van der Waals surface area (Å²) in [4.78, 5) is 24.6. The number of amides is 1. The first-order valence-corrected chi connectivity index (χ1v) is 17.3. The number of nitrogens with zero attached hydrogens (tertiary/aromatic N) is 6. The van der Waals surface area contributed by atoms with Gasteiger partial charge >= 0.3 is 0 Å². The van der Waals surface area contributed by atoms with Gasteiger partial charge in [0.1, 0.15) is 17.9 Å². The van der Waals surface area contributed by atoms with Crippen LogP contribution in [0.25, 0.3) is 22.0 Å². The Labute approximate surface area is 283 Å². The molecule has 1 aliphatic carbocycles. The maximum absolute atomic E-state index is 15.3. The third kappa shape index (κ3) is 5.63. The lowest BCUT2D eigenvalue weighted by molar-refractivity contribution is -0.118. The maximum atomic E-state index is 15.3. The van der Waals surface area contributed by atoms with Crippen LogP contribution in [0.3, 0.4) is 0 Å². The van der Waals surface area contributed by atoms with Gasteiger partial charge in [0, 0.05) is 59.3 Å². The monoisotopic (exact) mass is 697 g/mol. The van der Waals surface area contributed by atoms with Crippen LogP contribution >= 0.6 is 34.5 Å². The fourth-order valence-electron chi connectivity index (χ4n) is 7.22. The van der Waals surface area contributed by atoms with Crippen molar-refractivity contribution in [2.45, 2.75) is 68.7 Å². The number of benzene rings is 2. The largest absolute Gasteiger partial charge is 0.393 e. The summed E-state index contributed by atoms with van der Waals surface area (Å²) in [5.74, 6) is -0.631. The third-order valence-electron chi connectivity index (χ3n) is 9.75. The van der Waals surface area contributed by atoms with E-state index < -0.39 is 24.3 Å². The Morgan fingerprint density at radius 3 is 2.66 bits per heavy atom. The number of imidazole rings is 1. The SMILES string of the molecule is O=C(Nc1nccs1)C(c1ncn2c1CC(F)C2)n1cc2c(Cl)cc(-c3ccc([C@H]4CCN(C5CC(O)C5)C[C@@H]4F)cc3)c(Cl)c2n1. The summed E-state index contributed by atoms with van der Waals surface area (Å²) < 4.78 is 32.9. The lowest BCUT2D eigenvalue weighted by Crippen LogP contribution is -2.52. The number of piperidine rings is 1. The second-order valence-corrected chi connectivity index (χ2v) is 14.3. The van der Waals surface area contributed by atoms with E-state index in [-0.39, 0.29) is 31.0 Å². The van der Waals surface area contributed by atoms with Crippen LogP contribution in [0.15, 0.2) is 54.4 Å². The predicted molar refractivity (Wildman–Crippen MR) is 178 cm³/mol. The Bertz CT molecular complexity index is 1940. The lowest BCUT2D eigenvalue weighted by atomic mass is 9.82. The van der Waals surface area contributed by atoms with Gasteiger partial charge in [0.25, 0.3) is 5.91 Å².